The van der Waals surface area contributed by atoms with Crippen molar-refractivity contribution in [3.05, 3.63) is 41.7 Å². The summed E-state index contributed by atoms with van der Waals surface area (Å²) in [6.07, 6.45) is 9.67. The minimum Gasteiger partial charge on any atom is -0.508 e. The van der Waals surface area contributed by atoms with Crippen LogP contribution in [-0.4, -0.2) is 87.1 Å². The summed E-state index contributed by atoms with van der Waals surface area (Å²) in [5, 5.41) is 16.1. The lowest BCUT2D eigenvalue weighted by atomic mass is 9.95. The first-order valence-corrected chi connectivity index (χ1v) is 16.7. The average molecular weight is 639 g/mol. The highest BCUT2D eigenvalue weighted by Crippen LogP contribution is 2.46. The van der Waals surface area contributed by atoms with Crippen LogP contribution in [-0.2, 0) is 0 Å². The van der Waals surface area contributed by atoms with Crippen LogP contribution in [0.25, 0.3) is 32.9 Å². The number of aromatic nitrogens is 3. The number of rotatable bonds is 5. The van der Waals surface area contributed by atoms with Crippen molar-refractivity contribution in [2.45, 2.75) is 81.4 Å². The fourth-order valence-corrected chi connectivity index (χ4v) is 9.07. The number of fused-ring (bicyclic) bond motifs is 7. The first-order chi connectivity index (χ1) is 22.9. The van der Waals surface area contributed by atoms with Crippen LogP contribution in [0.2, 0.25) is 0 Å². The van der Waals surface area contributed by atoms with Crippen LogP contribution >= 0.6 is 0 Å². The van der Waals surface area contributed by atoms with Crippen molar-refractivity contribution >= 4 is 27.5 Å². The molecule has 9 nitrogen and oxygen atoms in total. The second-order valence-corrected chi connectivity index (χ2v) is 13.8. The number of nitrogens with zero attached hydrogens (tertiary/aromatic N) is 5. The Morgan fingerprint density at radius 2 is 2.09 bits per heavy atom. The number of hydrogen-bond acceptors (Lipinski definition) is 9. The van der Waals surface area contributed by atoms with Crippen LogP contribution in [0.3, 0.4) is 0 Å². The Morgan fingerprint density at radius 3 is 2.94 bits per heavy atom. The number of ether oxygens (including phenoxy) is 2. The first kappa shape index (κ1) is 28.9. The largest absolute Gasteiger partial charge is 0.508 e. The van der Waals surface area contributed by atoms with E-state index in [0.717, 1.165) is 32.2 Å². The van der Waals surface area contributed by atoms with Crippen molar-refractivity contribution in [1.82, 2.24) is 25.2 Å². The zero-order chi connectivity index (χ0) is 32.0. The molecule has 6 atom stereocenters. The molecule has 0 spiro atoms. The van der Waals surface area contributed by atoms with Gasteiger partial charge in [-0.05, 0) is 62.2 Å². The molecule has 0 saturated carbocycles. The zero-order valence-electron chi connectivity index (χ0n) is 26.2. The predicted octanol–water partition coefficient (Wildman–Crippen LogP) is 5.11. The highest BCUT2D eigenvalue weighted by molar-refractivity contribution is 6.04. The Morgan fingerprint density at radius 1 is 1.19 bits per heavy atom. The maximum atomic E-state index is 17.2. The molecule has 4 fully saturated rings. The molecule has 9 rings (SSSR count). The molecule has 4 aromatic rings. The van der Waals surface area contributed by atoms with E-state index >= 15 is 4.39 Å². The summed E-state index contributed by atoms with van der Waals surface area (Å²) in [6.45, 7) is 4.21. The molecular formula is C36H36F2N6O3. The molecule has 0 aliphatic carbocycles. The van der Waals surface area contributed by atoms with Gasteiger partial charge in [-0.3, -0.25) is 4.90 Å². The lowest BCUT2D eigenvalue weighted by molar-refractivity contribution is 0.107. The number of pyridine rings is 1. The smallest absolute Gasteiger partial charge is 0.319 e. The number of piperazine rings is 1. The summed E-state index contributed by atoms with van der Waals surface area (Å²) >= 11 is 0. The van der Waals surface area contributed by atoms with E-state index in [1.807, 2.05) is 6.07 Å². The van der Waals surface area contributed by atoms with Crippen molar-refractivity contribution in [3.8, 4) is 41.2 Å². The van der Waals surface area contributed by atoms with E-state index in [2.05, 4.69) is 28.0 Å². The van der Waals surface area contributed by atoms with Gasteiger partial charge in [0.15, 0.2) is 5.82 Å². The molecule has 5 aliphatic rings. The fraction of sp³-hybridized carbons (Fsp3) is 0.472. The average Bonchev–Trinajstić information content (AvgIpc) is 3.71. The van der Waals surface area contributed by atoms with Gasteiger partial charge in [-0.1, -0.05) is 25.0 Å². The highest BCUT2D eigenvalue weighted by Gasteiger charge is 2.50. The Balaban J connectivity index is 1.26. The number of halogens is 2. The Labute approximate surface area is 271 Å². The molecule has 2 aromatic heterocycles. The van der Waals surface area contributed by atoms with Gasteiger partial charge in [-0.15, -0.1) is 6.42 Å². The maximum Gasteiger partial charge on any atom is 0.319 e. The van der Waals surface area contributed by atoms with Crippen LogP contribution < -0.4 is 19.7 Å². The van der Waals surface area contributed by atoms with Gasteiger partial charge in [0.25, 0.3) is 0 Å². The fourth-order valence-electron chi connectivity index (χ4n) is 9.07. The van der Waals surface area contributed by atoms with E-state index in [1.54, 1.807) is 18.2 Å². The number of benzene rings is 2. The summed E-state index contributed by atoms with van der Waals surface area (Å²) in [5.74, 6) is 2.75. The molecule has 5 aliphatic heterocycles. The Bertz CT molecular complexity index is 1980. The number of alkyl halides is 1. The number of aromatic hydroxyl groups is 1. The van der Waals surface area contributed by atoms with E-state index < -0.39 is 17.5 Å². The number of phenolic OH excluding ortho intramolecular Hbond substituents is 1. The number of nitrogens with one attached hydrogen (secondary N) is 1. The van der Waals surface area contributed by atoms with Crippen LogP contribution in [0, 0.1) is 18.2 Å². The molecule has 2 N–H and O–H groups in total. The number of anilines is 1. The van der Waals surface area contributed by atoms with Crippen LogP contribution in [0.15, 0.2) is 30.3 Å². The van der Waals surface area contributed by atoms with Crippen molar-refractivity contribution < 1.29 is 23.4 Å². The number of phenols is 1. The Kier molecular flexibility index (Phi) is 6.53. The highest BCUT2D eigenvalue weighted by atomic mass is 19.1. The van der Waals surface area contributed by atoms with Gasteiger partial charge in [0.2, 0.25) is 5.88 Å². The first-order valence-electron chi connectivity index (χ1n) is 16.7. The molecule has 47 heavy (non-hydrogen) atoms. The van der Waals surface area contributed by atoms with E-state index in [-0.39, 0.29) is 59.7 Å². The molecule has 11 heteroatoms. The van der Waals surface area contributed by atoms with Gasteiger partial charge in [0.1, 0.15) is 47.0 Å². The van der Waals surface area contributed by atoms with Crippen LogP contribution in [0.5, 0.6) is 17.6 Å². The van der Waals surface area contributed by atoms with Gasteiger partial charge < -0.3 is 24.8 Å². The molecule has 7 heterocycles. The summed E-state index contributed by atoms with van der Waals surface area (Å²) in [7, 11) is 0. The van der Waals surface area contributed by atoms with E-state index in [1.165, 1.54) is 6.07 Å². The number of hydrogen-bond donors (Lipinski definition) is 2. The maximum absolute atomic E-state index is 17.2. The van der Waals surface area contributed by atoms with Gasteiger partial charge in [0.05, 0.1) is 11.6 Å². The lowest BCUT2D eigenvalue weighted by Gasteiger charge is -2.43. The molecular weight excluding hydrogens is 602 g/mol. The molecule has 242 valence electrons. The third kappa shape index (κ3) is 4.37. The van der Waals surface area contributed by atoms with E-state index in [9.17, 15) is 9.50 Å². The third-order valence-corrected chi connectivity index (χ3v) is 11.1. The summed E-state index contributed by atoms with van der Waals surface area (Å²) in [6, 6.07) is 8.90. The zero-order valence-corrected chi connectivity index (χ0v) is 26.2. The minimum absolute atomic E-state index is 0.0247. The van der Waals surface area contributed by atoms with Gasteiger partial charge in [-0.25, -0.2) is 13.8 Å². The van der Waals surface area contributed by atoms with Crippen molar-refractivity contribution in [1.29, 1.82) is 0 Å². The van der Waals surface area contributed by atoms with E-state index in [0.29, 0.717) is 59.0 Å². The van der Waals surface area contributed by atoms with Gasteiger partial charge >= 0.3 is 6.01 Å². The van der Waals surface area contributed by atoms with Crippen molar-refractivity contribution in [3.63, 3.8) is 0 Å². The molecule has 2 bridgehead atoms. The number of terminal acetylenes is 1. The predicted molar refractivity (Wildman–Crippen MR) is 174 cm³/mol. The minimum atomic E-state index is -0.903. The molecule has 4 saturated heterocycles. The third-order valence-electron chi connectivity index (χ3n) is 11.1. The topological polar surface area (TPSA) is 95.9 Å². The van der Waals surface area contributed by atoms with Crippen LogP contribution in [0.1, 0.15) is 51.0 Å². The second kappa shape index (κ2) is 10.6. The van der Waals surface area contributed by atoms with Gasteiger partial charge in [0, 0.05) is 48.1 Å². The van der Waals surface area contributed by atoms with E-state index in [4.69, 9.17) is 30.8 Å². The molecule has 0 radical (unpaired) electrons. The van der Waals surface area contributed by atoms with Gasteiger partial charge in [-0.2, -0.15) is 9.97 Å². The lowest BCUT2D eigenvalue weighted by Crippen LogP contribution is -2.63. The molecule has 0 amide bonds. The SMILES string of the molecule is C#Cc1cccc2cc(O)cc(-c3nc4c5c(nc(OC[C@@]67CCCN6C[C@H](F)C7)nc5c3F)N3C[C@H]5CC[C@H](N5)[C@H]3[C@H](CC)O4)c12. The summed E-state index contributed by atoms with van der Waals surface area (Å²) in [5.41, 5.74) is 0.464. The van der Waals surface area contributed by atoms with Crippen molar-refractivity contribution in [2.24, 2.45) is 0 Å². The molecule has 0 unspecified atom stereocenters. The second-order valence-electron chi connectivity index (χ2n) is 13.8. The normalized spacial score (nSPS) is 29.4. The quantitative estimate of drug-likeness (QED) is 0.290. The Hall–Kier alpha value is -4.27. The summed E-state index contributed by atoms with van der Waals surface area (Å²) in [4.78, 5) is 18.9. The standard InChI is InChI=1S/C36H36F2N6O3/c1-3-19-7-5-8-20-13-23(45)14-24(27(19)20)30-29(38)31-28-33(42-35(41-31)46-18-36-11-6-12-43(36)16-21(37)15-36)44-17-22-9-10-25(39-22)32(44)26(4-2)47-34(28)40-30/h1,5,7-8,13-14,21-22,25-26,32,39,45H,4,6,9-12,15-18H2,2H3/t21-,22-,25+,26+,32+,36+/m1/s1. The van der Waals surface area contributed by atoms with Crippen LogP contribution in [0.4, 0.5) is 14.6 Å². The monoisotopic (exact) mass is 638 g/mol. The van der Waals surface area contributed by atoms with Crippen molar-refractivity contribution in [2.75, 3.05) is 31.1 Å². The molecule has 2 aromatic carbocycles. The summed E-state index contributed by atoms with van der Waals surface area (Å²) < 4.78 is 44.8.